The molecule has 1 N–H and O–H groups in total. The Bertz CT molecular complexity index is 327. The van der Waals surface area contributed by atoms with Gasteiger partial charge in [-0.1, -0.05) is 39.0 Å². The number of rotatable bonds is 3. The molecule has 0 aromatic heterocycles. The Labute approximate surface area is 135 Å². The van der Waals surface area contributed by atoms with E-state index in [9.17, 15) is 0 Å². The summed E-state index contributed by atoms with van der Waals surface area (Å²) in [6.07, 6.45) is 16.6. The van der Waals surface area contributed by atoms with Gasteiger partial charge in [-0.15, -0.1) is 0 Å². The molecule has 3 rings (SSSR count). The van der Waals surface area contributed by atoms with Crippen LogP contribution in [0, 0.1) is 0 Å². The van der Waals surface area contributed by atoms with Gasteiger partial charge in [-0.05, 0) is 38.4 Å². The van der Waals surface area contributed by atoms with Crippen LogP contribution < -0.4 is 5.32 Å². The lowest BCUT2D eigenvalue weighted by molar-refractivity contribution is 0.0131. The van der Waals surface area contributed by atoms with Gasteiger partial charge in [-0.2, -0.15) is 11.8 Å². The van der Waals surface area contributed by atoms with Crippen LogP contribution in [0.1, 0.15) is 71.1 Å². The summed E-state index contributed by atoms with van der Waals surface area (Å²) in [5, 5.41) is 4.87. The van der Waals surface area contributed by atoms with Gasteiger partial charge in [0.15, 0.2) is 0 Å². The van der Waals surface area contributed by atoms with Gasteiger partial charge in [0, 0.05) is 36.0 Å². The molecule has 2 aliphatic carbocycles. The van der Waals surface area contributed by atoms with Crippen LogP contribution in [0.15, 0.2) is 0 Å². The first-order valence-electron chi connectivity index (χ1n) is 9.31. The van der Waals surface area contributed by atoms with Gasteiger partial charge >= 0.3 is 0 Å². The van der Waals surface area contributed by atoms with E-state index in [1.807, 2.05) is 0 Å². The van der Waals surface area contributed by atoms with Gasteiger partial charge < -0.3 is 5.32 Å². The van der Waals surface area contributed by atoms with E-state index in [1.165, 1.54) is 77.3 Å². The van der Waals surface area contributed by atoms with Crippen LogP contribution in [0.2, 0.25) is 0 Å². The second kappa shape index (κ2) is 7.23. The number of thioether (sulfide) groups is 1. The predicted molar refractivity (Wildman–Crippen MR) is 94.2 cm³/mol. The highest BCUT2D eigenvalue weighted by Gasteiger charge is 2.43. The van der Waals surface area contributed by atoms with Crippen molar-refractivity contribution in [3.05, 3.63) is 0 Å². The van der Waals surface area contributed by atoms with Crippen LogP contribution in [0.3, 0.4) is 0 Å². The Morgan fingerprint density at radius 2 is 1.86 bits per heavy atom. The number of piperazine rings is 1. The fraction of sp³-hybridized carbons (Fsp3) is 1.00. The van der Waals surface area contributed by atoms with Gasteiger partial charge in [0.1, 0.15) is 0 Å². The molecule has 2 saturated carbocycles. The van der Waals surface area contributed by atoms with Crippen LogP contribution in [-0.2, 0) is 0 Å². The van der Waals surface area contributed by atoms with Crippen LogP contribution in [0.5, 0.6) is 0 Å². The topological polar surface area (TPSA) is 15.3 Å². The van der Waals surface area contributed by atoms with E-state index in [0.717, 1.165) is 17.3 Å². The summed E-state index contributed by atoms with van der Waals surface area (Å²) in [4.78, 5) is 2.96. The van der Waals surface area contributed by atoms with Gasteiger partial charge in [0.25, 0.3) is 0 Å². The zero-order valence-electron chi connectivity index (χ0n) is 14.1. The average Bonchev–Trinajstić information content (AvgIpc) is 2.55. The normalized spacial score (nSPS) is 37.7. The van der Waals surface area contributed by atoms with Gasteiger partial charge in [0.2, 0.25) is 0 Å². The summed E-state index contributed by atoms with van der Waals surface area (Å²) in [6.45, 7) is 4.94. The van der Waals surface area contributed by atoms with E-state index in [1.54, 1.807) is 0 Å². The highest BCUT2D eigenvalue weighted by Crippen LogP contribution is 2.38. The molecule has 0 aromatic rings. The van der Waals surface area contributed by atoms with Gasteiger partial charge in [0.05, 0.1) is 0 Å². The van der Waals surface area contributed by atoms with E-state index in [2.05, 4.69) is 35.2 Å². The van der Waals surface area contributed by atoms with E-state index >= 15 is 0 Å². The summed E-state index contributed by atoms with van der Waals surface area (Å²) in [7, 11) is 0. The summed E-state index contributed by atoms with van der Waals surface area (Å²) < 4.78 is 0. The molecular weight excluding hydrogens is 276 g/mol. The van der Waals surface area contributed by atoms with Gasteiger partial charge in [-0.25, -0.2) is 0 Å². The molecule has 0 radical (unpaired) electrons. The van der Waals surface area contributed by atoms with Crippen molar-refractivity contribution in [3.8, 4) is 0 Å². The Morgan fingerprint density at radius 1 is 1.10 bits per heavy atom. The molecule has 1 spiro atoms. The molecule has 0 aromatic carbocycles. The SMILES string of the molecule is CCC1CNC2(CCCCC2)CN1C1CCCCC1SC. The largest absolute Gasteiger partial charge is 0.308 e. The van der Waals surface area contributed by atoms with Crippen molar-refractivity contribution in [2.75, 3.05) is 19.3 Å². The zero-order valence-corrected chi connectivity index (χ0v) is 14.9. The van der Waals surface area contributed by atoms with Crippen molar-refractivity contribution in [2.24, 2.45) is 0 Å². The Morgan fingerprint density at radius 3 is 2.57 bits per heavy atom. The van der Waals surface area contributed by atoms with Crippen molar-refractivity contribution >= 4 is 11.8 Å². The summed E-state index contributed by atoms with van der Waals surface area (Å²) in [5.74, 6) is 0. The molecule has 0 bridgehead atoms. The lowest BCUT2D eigenvalue weighted by atomic mass is 9.78. The quantitative estimate of drug-likeness (QED) is 0.846. The number of hydrogen-bond donors (Lipinski definition) is 1. The van der Waals surface area contributed by atoms with Gasteiger partial charge in [-0.3, -0.25) is 4.90 Å². The Balaban J connectivity index is 1.75. The molecule has 1 aliphatic heterocycles. The highest BCUT2D eigenvalue weighted by atomic mass is 32.2. The zero-order chi connectivity index (χ0) is 14.7. The standard InChI is InChI=1S/C18H34N2S/c1-3-15-13-19-18(11-7-4-8-12-18)14-20(15)16-9-5-6-10-17(16)21-2/h15-17,19H,3-14H2,1-2H3. The number of nitrogens with zero attached hydrogens (tertiary/aromatic N) is 1. The second-order valence-corrected chi connectivity index (χ2v) is 8.66. The van der Waals surface area contributed by atoms with E-state index in [4.69, 9.17) is 0 Å². The second-order valence-electron chi connectivity index (χ2n) is 7.58. The maximum atomic E-state index is 3.99. The average molecular weight is 311 g/mol. The molecule has 1 heterocycles. The Hall–Kier alpha value is 0.270. The smallest absolute Gasteiger partial charge is 0.0309 e. The molecule has 3 atom stereocenters. The molecule has 3 aliphatic rings. The number of hydrogen-bond acceptors (Lipinski definition) is 3. The molecule has 0 amide bonds. The summed E-state index contributed by atoms with van der Waals surface area (Å²) in [6, 6.07) is 1.62. The molecule has 3 unspecified atom stereocenters. The molecule has 2 nitrogen and oxygen atoms in total. The minimum atomic E-state index is 0.463. The minimum absolute atomic E-state index is 0.463. The molecule has 3 fully saturated rings. The van der Waals surface area contributed by atoms with Crippen LogP contribution >= 0.6 is 11.8 Å². The van der Waals surface area contributed by atoms with Crippen molar-refractivity contribution in [1.29, 1.82) is 0 Å². The molecule has 3 heteroatoms. The monoisotopic (exact) mass is 310 g/mol. The number of nitrogens with one attached hydrogen (secondary N) is 1. The van der Waals surface area contributed by atoms with Crippen LogP contribution in [0.25, 0.3) is 0 Å². The third kappa shape index (κ3) is 3.45. The molecule has 122 valence electrons. The fourth-order valence-corrected chi connectivity index (χ4v) is 6.06. The lowest BCUT2D eigenvalue weighted by Gasteiger charge is -2.54. The lowest BCUT2D eigenvalue weighted by Crippen LogP contribution is -2.67. The first kappa shape index (κ1) is 16.1. The molecule has 1 saturated heterocycles. The van der Waals surface area contributed by atoms with Crippen LogP contribution in [-0.4, -0.2) is 47.1 Å². The van der Waals surface area contributed by atoms with E-state index in [-0.39, 0.29) is 0 Å². The third-order valence-corrected chi connectivity index (χ3v) is 7.50. The van der Waals surface area contributed by atoms with Crippen molar-refractivity contribution in [2.45, 2.75) is 94.0 Å². The first-order chi connectivity index (χ1) is 10.3. The maximum Gasteiger partial charge on any atom is 0.0309 e. The highest BCUT2D eigenvalue weighted by molar-refractivity contribution is 7.99. The summed E-state index contributed by atoms with van der Waals surface area (Å²) >= 11 is 2.13. The minimum Gasteiger partial charge on any atom is -0.308 e. The third-order valence-electron chi connectivity index (χ3n) is 6.35. The van der Waals surface area contributed by atoms with Crippen molar-refractivity contribution < 1.29 is 0 Å². The summed E-state index contributed by atoms with van der Waals surface area (Å²) in [5.41, 5.74) is 0.463. The first-order valence-corrected chi connectivity index (χ1v) is 10.6. The Kier molecular flexibility index (Phi) is 5.55. The maximum absolute atomic E-state index is 3.99. The predicted octanol–water partition coefficient (Wildman–Crippen LogP) is 4.05. The molecular formula is C18H34N2S. The van der Waals surface area contributed by atoms with E-state index < -0.39 is 0 Å². The molecule has 21 heavy (non-hydrogen) atoms. The van der Waals surface area contributed by atoms with Crippen molar-refractivity contribution in [1.82, 2.24) is 10.2 Å². The van der Waals surface area contributed by atoms with E-state index in [0.29, 0.717) is 5.54 Å². The van der Waals surface area contributed by atoms with Crippen molar-refractivity contribution in [3.63, 3.8) is 0 Å². The van der Waals surface area contributed by atoms with Crippen LogP contribution in [0.4, 0.5) is 0 Å². The fourth-order valence-electron chi connectivity index (χ4n) is 5.05.